The first-order chi connectivity index (χ1) is 14.1. The van der Waals surface area contributed by atoms with Gasteiger partial charge in [0.1, 0.15) is 5.82 Å². The minimum atomic E-state index is -0.329. The molecule has 0 saturated heterocycles. The Balaban J connectivity index is 1.37. The van der Waals surface area contributed by atoms with Crippen LogP contribution in [0.4, 0.5) is 10.6 Å². The number of thiazole rings is 1. The Kier molecular flexibility index (Phi) is 5.03. The minimum absolute atomic E-state index is 0.300. The van der Waals surface area contributed by atoms with Gasteiger partial charge < -0.3 is 10.2 Å². The highest BCUT2D eigenvalue weighted by Crippen LogP contribution is 2.50. The van der Waals surface area contributed by atoms with Crippen LogP contribution in [0.5, 0.6) is 0 Å². The van der Waals surface area contributed by atoms with Crippen molar-refractivity contribution in [3.8, 4) is 23.5 Å². The first-order valence-electron chi connectivity index (χ1n) is 9.17. The van der Waals surface area contributed by atoms with E-state index in [2.05, 4.69) is 38.5 Å². The molecule has 5 nitrogen and oxygen atoms in total. The lowest BCUT2D eigenvalue weighted by Crippen LogP contribution is -2.28. The molecule has 1 fully saturated rings. The van der Waals surface area contributed by atoms with Crippen LogP contribution in [0.1, 0.15) is 29.0 Å². The van der Waals surface area contributed by atoms with E-state index in [4.69, 9.17) is 13.0 Å². The number of carbonyl (C=O) groups is 1. The van der Waals surface area contributed by atoms with Crippen molar-refractivity contribution in [1.29, 1.82) is 0 Å². The van der Waals surface area contributed by atoms with E-state index < -0.39 is 0 Å². The highest BCUT2D eigenvalue weighted by molar-refractivity contribution is 7.10. The molecule has 2 amide bonds. The van der Waals surface area contributed by atoms with Crippen LogP contribution < -0.4 is 10.6 Å². The van der Waals surface area contributed by atoms with E-state index in [1.807, 2.05) is 36.4 Å². The lowest BCUT2D eigenvalue weighted by Gasteiger charge is -2.09. The second-order valence-corrected chi connectivity index (χ2v) is 7.77. The molecule has 29 heavy (non-hydrogen) atoms. The fraction of sp³-hybridized carbons (Fsp3) is 0.174. The smallest absolute Gasteiger partial charge is 0.320 e. The molecule has 2 aromatic carbocycles. The molecule has 1 saturated carbocycles. The third-order valence-corrected chi connectivity index (χ3v) is 5.72. The van der Waals surface area contributed by atoms with Crippen LogP contribution >= 0.6 is 11.3 Å². The van der Waals surface area contributed by atoms with Crippen LogP contribution in [-0.4, -0.2) is 11.0 Å². The summed E-state index contributed by atoms with van der Waals surface area (Å²) in [6.07, 6.45) is 7.16. The maximum atomic E-state index is 12.0. The number of anilines is 1. The predicted molar refractivity (Wildman–Crippen MR) is 115 cm³/mol. The lowest BCUT2D eigenvalue weighted by atomic mass is 9.98. The molecule has 0 bridgehead atoms. The number of nitrogens with one attached hydrogen (secondary N) is 2. The van der Waals surface area contributed by atoms with Crippen molar-refractivity contribution >= 4 is 23.2 Å². The first kappa shape index (κ1) is 18.7. The van der Waals surface area contributed by atoms with E-state index in [1.165, 1.54) is 11.3 Å². The van der Waals surface area contributed by atoms with Gasteiger partial charge >= 0.3 is 6.03 Å². The summed E-state index contributed by atoms with van der Waals surface area (Å²) in [5, 5.41) is 7.71. The fourth-order valence-corrected chi connectivity index (χ4v) is 3.68. The normalized spacial score (nSPS) is 13.7. The van der Waals surface area contributed by atoms with Crippen LogP contribution in [0.3, 0.4) is 0 Å². The number of urea groups is 1. The Morgan fingerprint density at radius 3 is 2.69 bits per heavy atom. The molecular weight excluding hydrogens is 380 g/mol. The molecule has 0 radical (unpaired) electrons. The summed E-state index contributed by atoms with van der Waals surface area (Å²) in [6.45, 7) is 7.85. The highest BCUT2D eigenvalue weighted by Gasteiger charge is 2.52. The zero-order valence-corrected chi connectivity index (χ0v) is 16.4. The summed E-state index contributed by atoms with van der Waals surface area (Å²) < 4.78 is 0. The number of amides is 2. The molecule has 0 spiro atoms. The third kappa shape index (κ3) is 4.13. The number of rotatable bonds is 5. The molecule has 4 rings (SSSR count). The number of hydrogen-bond donors (Lipinski definition) is 2. The molecule has 0 unspecified atom stereocenters. The summed E-state index contributed by atoms with van der Waals surface area (Å²) in [6, 6.07) is 15.9. The monoisotopic (exact) mass is 398 g/mol. The zero-order valence-electron chi connectivity index (χ0n) is 15.6. The van der Waals surface area contributed by atoms with Gasteiger partial charge in [-0.15, -0.1) is 17.8 Å². The van der Waals surface area contributed by atoms with Crippen LogP contribution in [0.2, 0.25) is 0 Å². The number of carbonyl (C=O) groups excluding carboxylic acids is 1. The second kappa shape index (κ2) is 7.79. The largest absolute Gasteiger partial charge is 0.334 e. The number of benzene rings is 2. The summed E-state index contributed by atoms with van der Waals surface area (Å²) in [4.78, 5) is 19.9. The maximum Gasteiger partial charge on any atom is 0.320 e. The molecule has 1 heterocycles. The quantitative estimate of drug-likeness (QED) is 0.468. The standard InChI is InChI=1S/C23H18N4OS/c1-3-21-26-20(15-29-21)27-22(28)25-14-16-7-9-17(10-8-16)18-5-4-6-19(13-18)23(24-2)11-12-23/h1,4-10,13,15H,11-12,14H2,(H2,25,27,28). The van der Waals surface area contributed by atoms with Gasteiger partial charge in [-0.2, -0.15) is 0 Å². The molecule has 1 aromatic heterocycles. The topological polar surface area (TPSA) is 58.4 Å². The van der Waals surface area contributed by atoms with E-state index in [0.29, 0.717) is 17.4 Å². The SMILES string of the molecule is [C-]#[N+]C1(c2cccc(-c3ccc(CNC(=O)Nc4csc(C#C)n4)cc3)c2)CC1. The van der Waals surface area contributed by atoms with Gasteiger partial charge in [-0.25, -0.2) is 16.4 Å². The molecule has 2 N–H and O–H groups in total. The molecule has 1 aliphatic rings. The van der Waals surface area contributed by atoms with Crippen molar-refractivity contribution in [1.82, 2.24) is 10.3 Å². The van der Waals surface area contributed by atoms with Gasteiger partial charge in [-0.1, -0.05) is 42.5 Å². The van der Waals surface area contributed by atoms with Gasteiger partial charge in [-0.3, -0.25) is 5.32 Å². The van der Waals surface area contributed by atoms with Crippen molar-refractivity contribution in [2.45, 2.75) is 24.9 Å². The Hall–Kier alpha value is -3.61. The fourth-order valence-electron chi connectivity index (χ4n) is 3.13. The number of hydrogen-bond acceptors (Lipinski definition) is 3. The zero-order chi connectivity index (χ0) is 20.3. The van der Waals surface area contributed by atoms with Crippen molar-refractivity contribution in [3.05, 3.63) is 81.5 Å². The first-order valence-corrected chi connectivity index (χ1v) is 10.1. The Morgan fingerprint density at radius 2 is 2.03 bits per heavy atom. The van der Waals surface area contributed by atoms with Gasteiger partial charge in [-0.05, 0) is 28.7 Å². The number of aromatic nitrogens is 1. The van der Waals surface area contributed by atoms with Crippen molar-refractivity contribution in [2.75, 3.05) is 5.32 Å². The Morgan fingerprint density at radius 1 is 1.24 bits per heavy atom. The Labute approximate surface area is 173 Å². The van der Waals surface area contributed by atoms with Crippen LogP contribution in [-0.2, 0) is 12.1 Å². The van der Waals surface area contributed by atoms with Gasteiger partial charge in [0, 0.05) is 30.3 Å². The molecule has 0 atom stereocenters. The molecule has 142 valence electrons. The minimum Gasteiger partial charge on any atom is -0.334 e. The van der Waals surface area contributed by atoms with E-state index in [0.717, 1.165) is 35.1 Å². The average Bonchev–Trinajstić information content (AvgIpc) is 3.45. The summed E-state index contributed by atoms with van der Waals surface area (Å²) in [7, 11) is 0. The Bertz CT molecular complexity index is 1130. The highest BCUT2D eigenvalue weighted by atomic mass is 32.1. The van der Waals surface area contributed by atoms with Crippen molar-refractivity contribution in [2.24, 2.45) is 0 Å². The average molecular weight is 398 g/mol. The molecule has 0 aliphatic heterocycles. The van der Waals surface area contributed by atoms with Crippen LogP contribution in [0.25, 0.3) is 16.0 Å². The lowest BCUT2D eigenvalue weighted by molar-refractivity contribution is 0.251. The van der Waals surface area contributed by atoms with Gasteiger partial charge in [0.15, 0.2) is 5.01 Å². The van der Waals surface area contributed by atoms with Crippen molar-refractivity contribution in [3.63, 3.8) is 0 Å². The predicted octanol–water partition coefficient (Wildman–Crippen LogP) is 5.02. The van der Waals surface area contributed by atoms with Crippen molar-refractivity contribution < 1.29 is 4.79 Å². The summed E-state index contributed by atoms with van der Waals surface area (Å²) in [5.41, 5.74) is 3.98. The number of terminal acetylenes is 1. The van der Waals surface area contributed by atoms with Crippen LogP contribution in [0, 0.1) is 18.9 Å². The third-order valence-electron chi connectivity index (χ3n) is 4.95. The van der Waals surface area contributed by atoms with Gasteiger partial charge in [0.2, 0.25) is 0 Å². The van der Waals surface area contributed by atoms with Gasteiger partial charge in [0.05, 0.1) is 0 Å². The van der Waals surface area contributed by atoms with E-state index in [1.54, 1.807) is 5.38 Å². The molecule has 1 aliphatic carbocycles. The maximum absolute atomic E-state index is 12.0. The van der Waals surface area contributed by atoms with Gasteiger partial charge in [0.25, 0.3) is 5.54 Å². The summed E-state index contributed by atoms with van der Waals surface area (Å²) >= 11 is 1.31. The second-order valence-electron chi connectivity index (χ2n) is 6.91. The number of nitrogens with zero attached hydrogens (tertiary/aromatic N) is 2. The van der Waals surface area contributed by atoms with E-state index in [-0.39, 0.29) is 11.6 Å². The van der Waals surface area contributed by atoms with E-state index >= 15 is 0 Å². The summed E-state index contributed by atoms with van der Waals surface area (Å²) in [5.74, 6) is 2.88. The van der Waals surface area contributed by atoms with Crippen LogP contribution in [0.15, 0.2) is 53.9 Å². The molecular formula is C23H18N4OS. The molecule has 3 aromatic rings. The molecule has 6 heteroatoms. The van der Waals surface area contributed by atoms with E-state index in [9.17, 15) is 4.79 Å².